The molecule has 1 N–H and O–H groups in total. The normalized spacial score (nSPS) is 20.2. The first kappa shape index (κ1) is 17.2. The summed E-state index contributed by atoms with van der Waals surface area (Å²) in [6.45, 7) is 3.24. The first-order valence-electron chi connectivity index (χ1n) is 8.25. The van der Waals surface area contributed by atoms with Crippen LogP contribution < -0.4 is 5.32 Å². The molecule has 0 bridgehead atoms. The van der Waals surface area contributed by atoms with Gasteiger partial charge in [-0.05, 0) is 55.6 Å². The van der Waals surface area contributed by atoms with Gasteiger partial charge in [0.2, 0.25) is 0 Å². The molecule has 2 aliphatic heterocycles. The van der Waals surface area contributed by atoms with Crippen molar-refractivity contribution in [3.05, 3.63) is 34.9 Å². The second kappa shape index (κ2) is 7.11. The van der Waals surface area contributed by atoms with Gasteiger partial charge in [0, 0.05) is 18.7 Å². The minimum absolute atomic E-state index is 0.0600. The monoisotopic (exact) mass is 342 g/mol. The van der Waals surface area contributed by atoms with E-state index in [9.17, 15) is 18.0 Å². The van der Waals surface area contributed by atoms with Crippen LogP contribution in [0.1, 0.15) is 40.2 Å². The van der Waals surface area contributed by atoms with E-state index in [2.05, 4.69) is 5.32 Å². The topological polar surface area (TPSA) is 41.6 Å². The molecule has 0 spiro atoms. The van der Waals surface area contributed by atoms with Gasteiger partial charge >= 0.3 is 6.18 Å². The van der Waals surface area contributed by atoms with Crippen molar-refractivity contribution in [2.45, 2.75) is 24.9 Å². The number of piperidine rings is 1. The molecule has 2 fully saturated rings. The third-order valence-corrected chi connectivity index (χ3v) is 4.64. The Balaban J connectivity index is 1.93. The molecule has 2 heterocycles. The zero-order valence-electron chi connectivity index (χ0n) is 13.4. The van der Waals surface area contributed by atoms with Crippen LogP contribution in [-0.4, -0.2) is 50.2 Å². The van der Waals surface area contributed by atoms with E-state index in [1.54, 1.807) is 11.0 Å². The fourth-order valence-corrected chi connectivity index (χ4v) is 3.28. The van der Waals surface area contributed by atoms with E-state index in [0.29, 0.717) is 31.9 Å². The Morgan fingerprint density at radius 1 is 1.12 bits per heavy atom. The number of hydrogen-bond acceptors (Lipinski definition) is 3. The molecular formula is C17H21F3N2O2. The van der Waals surface area contributed by atoms with Crippen LogP contribution in [0.2, 0.25) is 0 Å². The largest absolute Gasteiger partial charge is 0.416 e. The Bertz CT molecular complexity index is 592. The second-order valence-electron chi connectivity index (χ2n) is 6.27. The van der Waals surface area contributed by atoms with E-state index in [1.807, 2.05) is 0 Å². The highest BCUT2D eigenvalue weighted by Crippen LogP contribution is 2.34. The molecule has 1 aromatic rings. The highest BCUT2D eigenvalue weighted by atomic mass is 19.4. The van der Waals surface area contributed by atoms with Crippen LogP contribution in [0.25, 0.3) is 0 Å². The summed E-state index contributed by atoms with van der Waals surface area (Å²) < 4.78 is 45.0. The lowest BCUT2D eigenvalue weighted by Gasteiger charge is -2.28. The van der Waals surface area contributed by atoms with Gasteiger partial charge in [0.1, 0.15) is 0 Å². The lowest BCUT2D eigenvalue weighted by molar-refractivity contribution is -0.137. The maximum atomic E-state index is 13.3. The zero-order chi connectivity index (χ0) is 17.2. The third kappa shape index (κ3) is 3.89. The Kier molecular flexibility index (Phi) is 5.10. The van der Waals surface area contributed by atoms with Crippen molar-refractivity contribution in [1.29, 1.82) is 0 Å². The molecule has 0 aromatic heterocycles. The number of halogens is 3. The summed E-state index contributed by atoms with van der Waals surface area (Å²) in [5.74, 6) is -0.288. The summed E-state index contributed by atoms with van der Waals surface area (Å²) in [4.78, 5) is 14.2. The molecule has 1 aromatic carbocycles. The number of amides is 1. The molecule has 1 amide bonds. The van der Waals surface area contributed by atoms with E-state index in [1.165, 1.54) is 6.07 Å². The Morgan fingerprint density at radius 3 is 2.42 bits per heavy atom. The van der Waals surface area contributed by atoms with Gasteiger partial charge in [0.25, 0.3) is 5.91 Å². The smallest absolute Gasteiger partial charge is 0.378 e. The van der Waals surface area contributed by atoms with E-state index < -0.39 is 11.7 Å². The number of carbonyl (C=O) groups excluding carboxylic acids is 1. The van der Waals surface area contributed by atoms with Crippen LogP contribution in [0.5, 0.6) is 0 Å². The standard InChI is InChI=1S/C17H21F3N2O2/c18-17(19,20)15-10-13(12-1-3-21-4-2-12)9-14(11-15)16(23)22-5-7-24-8-6-22/h9-12,21H,1-8H2. The average molecular weight is 342 g/mol. The number of nitrogens with zero attached hydrogens (tertiary/aromatic N) is 1. The summed E-state index contributed by atoms with van der Waals surface area (Å²) in [5, 5.41) is 3.21. The lowest BCUT2D eigenvalue weighted by Crippen LogP contribution is -2.40. The molecule has 0 unspecified atom stereocenters. The van der Waals surface area contributed by atoms with E-state index >= 15 is 0 Å². The summed E-state index contributed by atoms with van der Waals surface area (Å²) in [6.07, 6.45) is -2.89. The van der Waals surface area contributed by atoms with Gasteiger partial charge in [-0.3, -0.25) is 4.79 Å². The van der Waals surface area contributed by atoms with Crippen molar-refractivity contribution < 1.29 is 22.7 Å². The van der Waals surface area contributed by atoms with Crippen LogP contribution in [0.3, 0.4) is 0 Å². The molecule has 0 radical (unpaired) electrons. The average Bonchev–Trinajstić information content (AvgIpc) is 2.61. The van der Waals surface area contributed by atoms with Crippen LogP contribution in [0, 0.1) is 0 Å². The number of nitrogens with one attached hydrogen (secondary N) is 1. The number of morpholine rings is 1. The third-order valence-electron chi connectivity index (χ3n) is 4.64. The first-order valence-corrected chi connectivity index (χ1v) is 8.25. The summed E-state index contributed by atoms with van der Waals surface area (Å²) in [5.41, 5.74) is -0.00154. The number of benzene rings is 1. The Labute approximate surface area is 139 Å². The number of rotatable bonds is 2. The molecule has 0 atom stereocenters. The summed E-state index contributed by atoms with van der Waals surface area (Å²) in [6, 6.07) is 3.82. The molecule has 132 valence electrons. The quantitative estimate of drug-likeness (QED) is 0.898. The fraction of sp³-hybridized carbons (Fsp3) is 0.588. The molecule has 2 aliphatic rings. The SMILES string of the molecule is O=C(c1cc(C2CCNCC2)cc(C(F)(F)F)c1)N1CCOCC1. The molecule has 7 heteroatoms. The van der Waals surface area contributed by atoms with Gasteiger partial charge < -0.3 is 15.0 Å². The molecular weight excluding hydrogens is 321 g/mol. The van der Waals surface area contributed by atoms with E-state index in [-0.39, 0.29) is 17.4 Å². The zero-order valence-corrected chi connectivity index (χ0v) is 13.4. The van der Waals surface area contributed by atoms with Crippen molar-refractivity contribution in [3.8, 4) is 0 Å². The number of hydrogen-bond donors (Lipinski definition) is 1. The van der Waals surface area contributed by atoms with Gasteiger partial charge in [0.15, 0.2) is 0 Å². The number of carbonyl (C=O) groups is 1. The van der Waals surface area contributed by atoms with Crippen LogP contribution in [0.15, 0.2) is 18.2 Å². The van der Waals surface area contributed by atoms with Crippen molar-refractivity contribution >= 4 is 5.91 Å². The predicted molar refractivity (Wildman–Crippen MR) is 83.0 cm³/mol. The fourth-order valence-electron chi connectivity index (χ4n) is 3.28. The highest BCUT2D eigenvalue weighted by Gasteiger charge is 2.33. The maximum absolute atomic E-state index is 13.3. The minimum Gasteiger partial charge on any atom is -0.378 e. The van der Waals surface area contributed by atoms with Crippen LogP contribution >= 0.6 is 0 Å². The summed E-state index contributed by atoms with van der Waals surface area (Å²) >= 11 is 0. The van der Waals surface area contributed by atoms with Gasteiger partial charge in [-0.25, -0.2) is 0 Å². The maximum Gasteiger partial charge on any atom is 0.416 e. The van der Waals surface area contributed by atoms with Gasteiger partial charge in [-0.2, -0.15) is 13.2 Å². The van der Waals surface area contributed by atoms with Crippen molar-refractivity contribution in [2.24, 2.45) is 0 Å². The van der Waals surface area contributed by atoms with Crippen molar-refractivity contribution in [1.82, 2.24) is 10.2 Å². The second-order valence-corrected chi connectivity index (χ2v) is 6.27. The van der Waals surface area contributed by atoms with Gasteiger partial charge in [-0.1, -0.05) is 0 Å². The molecule has 4 nitrogen and oxygen atoms in total. The molecule has 2 saturated heterocycles. The number of alkyl halides is 3. The van der Waals surface area contributed by atoms with Crippen molar-refractivity contribution in [3.63, 3.8) is 0 Å². The van der Waals surface area contributed by atoms with Gasteiger partial charge in [-0.15, -0.1) is 0 Å². The van der Waals surface area contributed by atoms with E-state index in [4.69, 9.17) is 4.74 Å². The Hall–Kier alpha value is -1.60. The highest BCUT2D eigenvalue weighted by molar-refractivity contribution is 5.94. The molecule has 0 saturated carbocycles. The lowest BCUT2D eigenvalue weighted by atomic mass is 9.88. The van der Waals surface area contributed by atoms with Crippen molar-refractivity contribution in [2.75, 3.05) is 39.4 Å². The molecule has 24 heavy (non-hydrogen) atoms. The number of ether oxygens (including phenoxy) is 1. The van der Waals surface area contributed by atoms with Gasteiger partial charge in [0.05, 0.1) is 18.8 Å². The van der Waals surface area contributed by atoms with Crippen LogP contribution in [-0.2, 0) is 10.9 Å². The van der Waals surface area contributed by atoms with Crippen LogP contribution in [0.4, 0.5) is 13.2 Å². The minimum atomic E-state index is -4.46. The summed E-state index contributed by atoms with van der Waals surface area (Å²) in [7, 11) is 0. The molecule has 0 aliphatic carbocycles. The predicted octanol–water partition coefficient (Wildman–Crippen LogP) is 2.64. The first-order chi connectivity index (χ1) is 11.4. The molecule has 3 rings (SSSR count). The Morgan fingerprint density at radius 2 is 1.79 bits per heavy atom. The van der Waals surface area contributed by atoms with E-state index in [0.717, 1.165) is 32.0 Å².